The Morgan fingerprint density at radius 1 is 1.33 bits per heavy atom. The van der Waals surface area contributed by atoms with Crippen molar-refractivity contribution in [2.24, 2.45) is 0 Å². The summed E-state index contributed by atoms with van der Waals surface area (Å²) < 4.78 is 29.0. The first kappa shape index (κ1) is 18.9. The largest absolute Gasteiger partial charge is 0.358 e. The second-order valence-corrected chi connectivity index (χ2v) is 10.1. The molecule has 1 aliphatic heterocycles. The number of nitrogens with one attached hydrogen (secondary N) is 2. The van der Waals surface area contributed by atoms with E-state index >= 15 is 0 Å². The highest BCUT2D eigenvalue weighted by Gasteiger charge is 2.42. The number of benzene rings is 1. The van der Waals surface area contributed by atoms with E-state index in [4.69, 9.17) is 0 Å². The maximum Gasteiger partial charge on any atom is 0.279 e. The average Bonchev–Trinajstić information content (AvgIpc) is 2.92. The van der Waals surface area contributed by atoms with Gasteiger partial charge in [-0.15, -0.1) is 0 Å². The number of hydrogen-bond donors (Lipinski definition) is 2. The maximum atomic E-state index is 12.4. The summed E-state index contributed by atoms with van der Waals surface area (Å²) in [5.41, 5.74) is 5.28. The maximum absolute atomic E-state index is 12.4. The molecule has 0 bridgehead atoms. The summed E-state index contributed by atoms with van der Waals surface area (Å²) in [6.45, 7) is 6.13. The number of rotatable bonds is 5. The molecule has 7 heteroatoms. The molecule has 2 aromatic rings. The zero-order valence-electron chi connectivity index (χ0n) is 16.6. The average molecular weight is 391 g/mol. The Morgan fingerprint density at radius 3 is 2.81 bits per heavy atom. The zero-order chi connectivity index (χ0) is 19.3. The third-order valence-electron chi connectivity index (χ3n) is 6.22. The number of aryl methyl sites for hydroxylation is 1. The van der Waals surface area contributed by atoms with Crippen molar-refractivity contribution in [1.29, 1.82) is 0 Å². The lowest BCUT2D eigenvalue weighted by Crippen LogP contribution is -2.57. The first-order valence-electron chi connectivity index (χ1n) is 9.85. The number of hydrogen-bond acceptors (Lipinski definition) is 3. The van der Waals surface area contributed by atoms with Crippen molar-refractivity contribution in [3.63, 3.8) is 0 Å². The molecular formula is C20H30N4O2S. The lowest BCUT2D eigenvalue weighted by Gasteiger charge is -2.47. The molecule has 1 aliphatic carbocycles. The Hall–Kier alpha value is -1.41. The minimum atomic E-state index is -3.43. The van der Waals surface area contributed by atoms with Crippen LogP contribution in [0.3, 0.4) is 0 Å². The van der Waals surface area contributed by atoms with E-state index in [2.05, 4.69) is 46.7 Å². The number of H-pyrrole nitrogens is 1. The van der Waals surface area contributed by atoms with Crippen LogP contribution >= 0.6 is 0 Å². The van der Waals surface area contributed by atoms with Crippen LogP contribution in [-0.4, -0.2) is 61.9 Å². The lowest BCUT2D eigenvalue weighted by molar-refractivity contribution is 0.105. The molecule has 1 unspecified atom stereocenters. The Morgan fingerprint density at radius 2 is 2.11 bits per heavy atom. The first-order chi connectivity index (χ1) is 12.8. The SMILES string of the molecule is CCCN1C[C@@H](NS(=O)(=O)N(C)C)CC2c3cccc4[nH]c(C)c(c34)C[C@H]21. The van der Waals surface area contributed by atoms with Crippen LogP contribution in [0.25, 0.3) is 10.9 Å². The van der Waals surface area contributed by atoms with E-state index in [0.717, 1.165) is 32.4 Å². The van der Waals surface area contributed by atoms with Gasteiger partial charge < -0.3 is 4.98 Å². The van der Waals surface area contributed by atoms with Gasteiger partial charge in [-0.25, -0.2) is 0 Å². The van der Waals surface area contributed by atoms with E-state index in [-0.39, 0.29) is 6.04 Å². The number of piperidine rings is 1. The van der Waals surface area contributed by atoms with Crippen molar-refractivity contribution < 1.29 is 8.42 Å². The molecule has 0 saturated carbocycles. The van der Waals surface area contributed by atoms with E-state index in [9.17, 15) is 8.42 Å². The molecule has 2 aliphatic rings. The predicted molar refractivity (Wildman–Crippen MR) is 109 cm³/mol. The summed E-state index contributed by atoms with van der Waals surface area (Å²) in [6.07, 6.45) is 2.96. The highest BCUT2D eigenvalue weighted by molar-refractivity contribution is 7.87. The third kappa shape index (κ3) is 3.20. The summed E-state index contributed by atoms with van der Waals surface area (Å²) in [6, 6.07) is 6.88. The molecule has 1 fully saturated rings. The van der Waals surface area contributed by atoms with Gasteiger partial charge in [0.2, 0.25) is 0 Å². The van der Waals surface area contributed by atoms with Crippen molar-refractivity contribution in [2.75, 3.05) is 27.2 Å². The molecular weight excluding hydrogens is 360 g/mol. The van der Waals surface area contributed by atoms with Crippen molar-refractivity contribution in [3.8, 4) is 0 Å². The minimum Gasteiger partial charge on any atom is -0.358 e. The number of likely N-dealkylation sites (tertiary alicyclic amines) is 1. The van der Waals surface area contributed by atoms with Crippen LogP contribution in [-0.2, 0) is 16.6 Å². The van der Waals surface area contributed by atoms with E-state index in [1.54, 1.807) is 14.1 Å². The summed E-state index contributed by atoms with van der Waals surface area (Å²) in [7, 11) is -0.277. The van der Waals surface area contributed by atoms with Gasteiger partial charge in [0.25, 0.3) is 10.2 Å². The second-order valence-electron chi connectivity index (χ2n) is 8.21. The highest BCUT2D eigenvalue weighted by Crippen LogP contribution is 2.44. The van der Waals surface area contributed by atoms with Crippen LogP contribution in [0.2, 0.25) is 0 Å². The fraction of sp³-hybridized carbons (Fsp3) is 0.600. The fourth-order valence-electron chi connectivity index (χ4n) is 5.01. The van der Waals surface area contributed by atoms with Gasteiger partial charge in [-0.05, 0) is 49.9 Å². The predicted octanol–water partition coefficient (Wildman–Crippen LogP) is 2.36. The molecule has 1 aromatic heterocycles. The van der Waals surface area contributed by atoms with Gasteiger partial charge in [0.1, 0.15) is 0 Å². The molecule has 6 nitrogen and oxygen atoms in total. The van der Waals surface area contributed by atoms with Crippen LogP contribution in [0.5, 0.6) is 0 Å². The van der Waals surface area contributed by atoms with Crippen molar-refractivity contribution in [1.82, 2.24) is 18.9 Å². The number of aromatic amines is 1. The molecule has 3 atom stereocenters. The molecule has 0 amide bonds. The summed E-state index contributed by atoms with van der Waals surface area (Å²) >= 11 is 0. The number of fused-ring (bicyclic) bond motifs is 2. The van der Waals surface area contributed by atoms with Crippen LogP contribution in [0.1, 0.15) is 42.5 Å². The Balaban J connectivity index is 1.73. The molecule has 0 radical (unpaired) electrons. The molecule has 4 rings (SSSR count). The van der Waals surface area contributed by atoms with Crippen LogP contribution in [0.4, 0.5) is 0 Å². The molecule has 1 aromatic carbocycles. The van der Waals surface area contributed by atoms with Crippen LogP contribution < -0.4 is 4.72 Å². The molecule has 27 heavy (non-hydrogen) atoms. The number of aromatic nitrogens is 1. The molecule has 2 N–H and O–H groups in total. The van der Waals surface area contributed by atoms with Gasteiger partial charge in [-0.1, -0.05) is 19.1 Å². The quantitative estimate of drug-likeness (QED) is 0.824. The monoisotopic (exact) mass is 390 g/mol. The zero-order valence-corrected chi connectivity index (χ0v) is 17.4. The van der Waals surface area contributed by atoms with Gasteiger partial charge in [0, 0.05) is 55.2 Å². The molecule has 2 heterocycles. The Labute approximate surface area is 162 Å². The first-order valence-corrected chi connectivity index (χ1v) is 11.3. The summed E-state index contributed by atoms with van der Waals surface area (Å²) in [5.74, 6) is 0.353. The van der Waals surface area contributed by atoms with Crippen molar-refractivity contribution in [2.45, 2.75) is 51.1 Å². The van der Waals surface area contributed by atoms with E-state index in [0.29, 0.717) is 12.0 Å². The Bertz CT molecular complexity index is 950. The van der Waals surface area contributed by atoms with Gasteiger partial charge in [0.05, 0.1) is 0 Å². The normalized spacial score (nSPS) is 25.9. The molecule has 1 saturated heterocycles. The van der Waals surface area contributed by atoms with Crippen molar-refractivity contribution in [3.05, 3.63) is 35.0 Å². The van der Waals surface area contributed by atoms with Crippen LogP contribution in [0.15, 0.2) is 18.2 Å². The van der Waals surface area contributed by atoms with E-state index < -0.39 is 10.2 Å². The number of nitrogens with zero attached hydrogens (tertiary/aromatic N) is 2. The van der Waals surface area contributed by atoms with Gasteiger partial charge in [-0.3, -0.25) is 4.90 Å². The van der Waals surface area contributed by atoms with E-state index in [1.807, 2.05) is 0 Å². The molecule has 0 spiro atoms. The summed E-state index contributed by atoms with van der Waals surface area (Å²) in [5, 5.41) is 1.36. The smallest absolute Gasteiger partial charge is 0.279 e. The highest BCUT2D eigenvalue weighted by atomic mass is 32.2. The third-order valence-corrected chi connectivity index (χ3v) is 7.81. The lowest BCUT2D eigenvalue weighted by atomic mass is 9.73. The van der Waals surface area contributed by atoms with E-state index in [1.165, 1.54) is 32.0 Å². The van der Waals surface area contributed by atoms with Gasteiger partial charge >= 0.3 is 0 Å². The summed E-state index contributed by atoms with van der Waals surface area (Å²) in [4.78, 5) is 6.05. The minimum absolute atomic E-state index is 0.0676. The second kappa shape index (κ2) is 6.88. The Kier molecular flexibility index (Phi) is 4.83. The van der Waals surface area contributed by atoms with Crippen LogP contribution in [0, 0.1) is 6.92 Å². The van der Waals surface area contributed by atoms with Crippen molar-refractivity contribution >= 4 is 21.1 Å². The fourth-order valence-corrected chi connectivity index (χ4v) is 5.81. The van der Waals surface area contributed by atoms with Gasteiger partial charge in [0.15, 0.2) is 0 Å². The van der Waals surface area contributed by atoms with Gasteiger partial charge in [-0.2, -0.15) is 17.4 Å². The molecule has 148 valence electrons. The standard InChI is InChI=1S/C20H30N4O2S/c1-5-9-24-12-14(22-27(25,26)23(3)4)10-17-15-7-6-8-18-20(15)16(11-19(17)24)13(2)21-18/h6-8,14,17,19,21-22H,5,9-12H2,1-4H3/t14-,17?,19+/m0/s1. The topological polar surface area (TPSA) is 68.4 Å².